The van der Waals surface area contributed by atoms with Crippen molar-refractivity contribution in [3.63, 3.8) is 0 Å². The second-order valence-corrected chi connectivity index (χ2v) is 38.2. The third-order valence-corrected chi connectivity index (χ3v) is 31.0. The highest BCUT2D eigenvalue weighted by Gasteiger charge is 2.53. The van der Waals surface area contributed by atoms with Gasteiger partial charge in [-0.05, 0) is 75.8 Å². The predicted molar refractivity (Wildman–Crippen MR) is 398 cm³/mol. The van der Waals surface area contributed by atoms with E-state index in [-0.39, 0.29) is 88.4 Å². The summed E-state index contributed by atoms with van der Waals surface area (Å²) >= 11 is 0. The molecule has 4 aromatic rings. The van der Waals surface area contributed by atoms with Crippen molar-refractivity contribution in [2.24, 2.45) is 35.5 Å². The van der Waals surface area contributed by atoms with E-state index in [0.29, 0.717) is 58.0 Å². The second kappa shape index (κ2) is 38.4. The van der Waals surface area contributed by atoms with Crippen LogP contribution in [0.1, 0.15) is 141 Å². The number of carbonyl (C=O) groups excluding carboxylic acids is 2. The summed E-state index contributed by atoms with van der Waals surface area (Å²) in [4.78, 5) is 27.4. The number of allylic oxidation sites excluding steroid dienone is 2. The Hall–Kier alpha value is -5.41. The standard InChI is InChI=1S/C82H120O13Si2/c1-57-33-32-42-77(83)94-80(60(4)44-47-65(86-14)55-74(90-18)58(2)43-46-66(87-15)56-75(91-19)62(6)76-53-64(54-78(84)93-76)52-67(51-57)88-16)63(7)79(85)59(3)45-48-73(95-97(82(11,12)13,70-38-28-22-29-39-70)71-40-30-23-31-41-71)61(5)72(89-17)49-50-92-96(81(8,9)10,68-34-24-20-25-35-68)69-36-26-21-27-37-69/h20-44,46-47,54,58-63,65-67,72-76,79-80,85H,45,48-53,55-56H2,1-19H3/b42-32+,46-43?,47-44+,57-33+/t58-,59-,60-,61+,62+,63-,65-,66-,67?,72+,73?,74-,75+,76+,79-,80-/m0/s1. The molecule has 6 rings (SSSR count). The van der Waals surface area contributed by atoms with Crippen molar-refractivity contribution in [3.05, 3.63) is 181 Å². The van der Waals surface area contributed by atoms with Gasteiger partial charge in [0.25, 0.3) is 16.6 Å². The fourth-order valence-corrected chi connectivity index (χ4v) is 24.3. The molecule has 0 radical (unpaired) electrons. The molecule has 0 saturated carbocycles. The Morgan fingerprint density at radius 2 is 1.05 bits per heavy atom. The van der Waals surface area contributed by atoms with Gasteiger partial charge in [0.15, 0.2) is 0 Å². The van der Waals surface area contributed by atoms with E-state index in [1.54, 1.807) is 47.7 Å². The molecular weight excluding hydrogens is 1250 g/mol. The SMILES string of the molecule is COC1CC2=CC(=O)O[C@H](C2)[C@H](C)[C@H](OC)C[C@@H](OC)C=C[C@H](C)[C@@H](OC)C[C@@H](OC)/C=C/[C@H](C)[C@@H]([C@@H](C)[C@@H](O)[C@@H](C)CCC(O[Si](c2ccccc2)(c2ccccc2)C(C)(C)C)[C@H](C)[C@@H](CCO[Si](c2ccccc2)(c2ccccc2)C(C)(C)C)OC)OC(=O)/C=C/C=C(\C)C1. The fraction of sp³-hybridized carbons (Fsp3) is 0.561. The number of aliphatic hydroxyl groups excluding tert-OH is 1. The van der Waals surface area contributed by atoms with Crippen LogP contribution in [0.4, 0.5) is 0 Å². The monoisotopic (exact) mass is 1370 g/mol. The van der Waals surface area contributed by atoms with E-state index in [0.717, 1.165) is 11.1 Å². The lowest BCUT2D eigenvalue weighted by molar-refractivity contribution is -0.152. The third kappa shape index (κ3) is 21.6. The Labute approximate surface area is 586 Å². The summed E-state index contributed by atoms with van der Waals surface area (Å²) < 4.78 is 65.2. The normalized spacial score (nSPS) is 26.6. The molecule has 2 bridgehead atoms. The highest BCUT2D eigenvalue weighted by atomic mass is 28.4. The summed E-state index contributed by atoms with van der Waals surface area (Å²) in [6.07, 6.45) is 15.4. The minimum absolute atomic E-state index is 0.0370. The second-order valence-electron chi connectivity index (χ2n) is 29.6. The van der Waals surface area contributed by atoms with Crippen LogP contribution in [0.5, 0.6) is 0 Å². The predicted octanol–water partition coefficient (Wildman–Crippen LogP) is 14.3. The molecule has 0 spiro atoms. The zero-order chi connectivity index (χ0) is 71.1. The van der Waals surface area contributed by atoms with Crippen molar-refractivity contribution in [3.8, 4) is 0 Å². The lowest BCUT2D eigenvalue weighted by Crippen LogP contribution is -2.68. The zero-order valence-corrected chi connectivity index (χ0v) is 64.1. The minimum atomic E-state index is -3.15. The molecule has 0 aromatic heterocycles. The summed E-state index contributed by atoms with van der Waals surface area (Å²) in [6, 6.07) is 43.1. The number of hydrogen-bond donors (Lipinski definition) is 1. The van der Waals surface area contributed by atoms with E-state index >= 15 is 0 Å². The van der Waals surface area contributed by atoms with Gasteiger partial charge < -0.3 is 51.9 Å². The Balaban J connectivity index is 1.35. The highest BCUT2D eigenvalue weighted by Crippen LogP contribution is 2.42. The molecule has 0 saturated heterocycles. The van der Waals surface area contributed by atoms with Crippen molar-refractivity contribution in [1.82, 2.24) is 0 Å². The van der Waals surface area contributed by atoms with Crippen molar-refractivity contribution in [2.45, 2.75) is 212 Å². The lowest BCUT2D eigenvalue weighted by Gasteiger charge is -2.47. The topological polar surface area (TPSA) is 147 Å². The molecule has 534 valence electrons. The molecule has 2 aliphatic heterocycles. The van der Waals surface area contributed by atoms with Gasteiger partial charge in [0.2, 0.25) is 0 Å². The molecule has 0 fully saturated rings. The number of carbonyl (C=O) groups is 2. The summed E-state index contributed by atoms with van der Waals surface area (Å²) in [7, 11) is 4.24. The first kappa shape index (κ1) is 80.6. The molecule has 13 nitrogen and oxygen atoms in total. The number of fused-ring (bicyclic) bond motifs is 2. The van der Waals surface area contributed by atoms with Crippen LogP contribution in [0.2, 0.25) is 10.1 Å². The summed E-state index contributed by atoms with van der Waals surface area (Å²) in [5.41, 5.74) is 1.92. The van der Waals surface area contributed by atoms with Crippen molar-refractivity contribution < 1.29 is 61.4 Å². The van der Waals surface area contributed by atoms with Crippen LogP contribution < -0.4 is 20.7 Å². The summed E-state index contributed by atoms with van der Waals surface area (Å²) in [5, 5.41) is 17.2. The van der Waals surface area contributed by atoms with Crippen molar-refractivity contribution >= 4 is 49.3 Å². The Morgan fingerprint density at radius 3 is 1.53 bits per heavy atom. The van der Waals surface area contributed by atoms with Crippen molar-refractivity contribution in [2.75, 3.05) is 49.3 Å². The maximum absolute atomic E-state index is 14.3. The largest absolute Gasteiger partial charge is 0.458 e. The van der Waals surface area contributed by atoms with Gasteiger partial charge in [0.05, 0.1) is 48.8 Å². The van der Waals surface area contributed by atoms with Gasteiger partial charge in [-0.25, -0.2) is 9.59 Å². The Kier molecular flexibility index (Phi) is 31.9. The van der Waals surface area contributed by atoms with E-state index in [4.69, 9.17) is 46.7 Å². The molecule has 2 unspecified atom stereocenters. The maximum atomic E-state index is 14.3. The molecule has 4 aromatic carbocycles. The van der Waals surface area contributed by atoms with E-state index in [2.05, 4.69) is 203 Å². The van der Waals surface area contributed by atoms with Gasteiger partial charge in [-0.2, -0.15) is 0 Å². The Morgan fingerprint density at radius 1 is 0.557 bits per heavy atom. The van der Waals surface area contributed by atoms with Gasteiger partial charge in [0.1, 0.15) is 12.2 Å². The van der Waals surface area contributed by atoms with Gasteiger partial charge >= 0.3 is 11.9 Å². The smallest absolute Gasteiger partial charge is 0.331 e. The van der Waals surface area contributed by atoms with E-state index in [1.807, 2.05) is 46.1 Å². The minimum Gasteiger partial charge on any atom is -0.458 e. The number of esters is 2. The summed E-state index contributed by atoms with van der Waals surface area (Å²) in [6.45, 7) is 28.9. The first-order valence-electron chi connectivity index (χ1n) is 35.4. The van der Waals surface area contributed by atoms with Crippen LogP contribution in [0.15, 0.2) is 181 Å². The number of cyclic esters (lactones) is 1. The first-order chi connectivity index (χ1) is 46.2. The number of ether oxygens (including phenoxy) is 8. The van der Waals surface area contributed by atoms with E-state index in [1.165, 1.54) is 26.8 Å². The van der Waals surface area contributed by atoms with Gasteiger partial charge in [-0.3, -0.25) is 0 Å². The van der Waals surface area contributed by atoms with Crippen LogP contribution in [-0.2, 0) is 56.3 Å². The molecule has 15 heteroatoms. The van der Waals surface area contributed by atoms with Crippen LogP contribution in [0.25, 0.3) is 0 Å². The number of aliphatic hydroxyl groups is 1. The quantitative estimate of drug-likeness (QED) is 0.0404. The lowest BCUT2D eigenvalue weighted by atomic mass is 9.81. The van der Waals surface area contributed by atoms with Crippen molar-refractivity contribution in [1.29, 1.82) is 0 Å². The zero-order valence-electron chi connectivity index (χ0n) is 62.1. The average Bonchev–Trinajstić information content (AvgIpc) is 0.760. The number of hydrogen-bond acceptors (Lipinski definition) is 13. The molecule has 1 N–H and O–H groups in total. The highest BCUT2D eigenvalue weighted by molar-refractivity contribution is 7.00. The molecule has 16 atom stereocenters. The Bertz CT molecular complexity index is 3040. The molecule has 2 aliphatic rings. The molecule has 2 heterocycles. The number of methoxy groups -OCH3 is 6. The third-order valence-electron chi connectivity index (χ3n) is 20.9. The average molecular weight is 1370 g/mol. The molecule has 0 aliphatic carbocycles. The van der Waals surface area contributed by atoms with Crippen LogP contribution in [0.3, 0.4) is 0 Å². The number of rotatable bonds is 24. The van der Waals surface area contributed by atoms with E-state index in [9.17, 15) is 14.7 Å². The molecular formula is C82H120O13Si2. The van der Waals surface area contributed by atoms with Crippen LogP contribution >= 0.6 is 0 Å². The van der Waals surface area contributed by atoms with Gasteiger partial charge in [-0.1, -0.05) is 252 Å². The molecule has 0 amide bonds. The van der Waals surface area contributed by atoms with Gasteiger partial charge in [0, 0.05) is 110 Å². The van der Waals surface area contributed by atoms with Crippen LogP contribution in [0, 0.1) is 35.5 Å². The van der Waals surface area contributed by atoms with Gasteiger partial charge in [-0.15, -0.1) is 0 Å². The fourth-order valence-electron chi connectivity index (χ4n) is 14.9. The molecule has 97 heavy (non-hydrogen) atoms. The van der Waals surface area contributed by atoms with E-state index < -0.39 is 46.8 Å². The first-order valence-corrected chi connectivity index (χ1v) is 39.2. The van der Waals surface area contributed by atoms with Crippen LogP contribution in [-0.4, -0.2) is 144 Å². The number of benzene rings is 4. The summed E-state index contributed by atoms with van der Waals surface area (Å²) in [5.74, 6) is -2.33. The maximum Gasteiger partial charge on any atom is 0.331 e.